The van der Waals surface area contributed by atoms with Crippen molar-refractivity contribution < 1.29 is 9.53 Å². The minimum atomic E-state index is -0.233. The lowest BCUT2D eigenvalue weighted by Crippen LogP contribution is -2.20. The van der Waals surface area contributed by atoms with Gasteiger partial charge >= 0.3 is 0 Å². The molecular formula is C20H22N2O2S. The smallest absolute Gasteiger partial charge is 0.262 e. The number of anilines is 1. The number of ether oxygens (including phenoxy) is 1. The van der Waals surface area contributed by atoms with Crippen LogP contribution in [0.3, 0.4) is 0 Å². The molecule has 2 aromatic rings. The van der Waals surface area contributed by atoms with E-state index < -0.39 is 0 Å². The lowest BCUT2D eigenvalue weighted by Gasteiger charge is -2.17. The van der Waals surface area contributed by atoms with Crippen molar-refractivity contribution in [3.8, 4) is 11.8 Å². The van der Waals surface area contributed by atoms with E-state index in [4.69, 9.17) is 4.74 Å². The van der Waals surface area contributed by atoms with Gasteiger partial charge in [-0.05, 0) is 56.2 Å². The van der Waals surface area contributed by atoms with Crippen molar-refractivity contribution in [2.45, 2.75) is 40.0 Å². The van der Waals surface area contributed by atoms with Crippen LogP contribution in [0.4, 0.5) is 5.00 Å². The molecule has 0 saturated carbocycles. The number of nitriles is 1. The molecule has 0 radical (unpaired) electrons. The first-order valence-corrected chi connectivity index (χ1v) is 9.34. The second-order valence-electron chi connectivity index (χ2n) is 6.77. The fraction of sp³-hybridized carbons (Fsp3) is 0.400. The molecule has 3 rings (SSSR count). The van der Waals surface area contributed by atoms with Gasteiger partial charge in [0.05, 0.1) is 5.56 Å². The van der Waals surface area contributed by atoms with E-state index in [1.165, 1.54) is 16.2 Å². The topological polar surface area (TPSA) is 62.1 Å². The number of nitrogens with zero attached hydrogens (tertiary/aromatic N) is 1. The second kappa shape index (κ2) is 7.28. The van der Waals surface area contributed by atoms with Crippen LogP contribution in [0.25, 0.3) is 0 Å². The number of benzene rings is 1. The van der Waals surface area contributed by atoms with E-state index in [0.29, 0.717) is 22.2 Å². The van der Waals surface area contributed by atoms with Crippen LogP contribution < -0.4 is 10.1 Å². The van der Waals surface area contributed by atoms with Crippen LogP contribution >= 0.6 is 11.3 Å². The van der Waals surface area contributed by atoms with Gasteiger partial charge in [-0.25, -0.2) is 0 Å². The Bertz CT molecular complexity index is 848. The average Bonchev–Trinajstić information content (AvgIpc) is 2.89. The van der Waals surface area contributed by atoms with Crippen LogP contribution in [0, 0.1) is 31.1 Å². The highest BCUT2D eigenvalue weighted by molar-refractivity contribution is 7.16. The molecule has 1 aliphatic rings. The fourth-order valence-electron chi connectivity index (χ4n) is 3.22. The third-order valence-electron chi connectivity index (χ3n) is 4.57. The zero-order chi connectivity index (χ0) is 18.0. The molecule has 1 aromatic carbocycles. The van der Waals surface area contributed by atoms with Crippen molar-refractivity contribution in [3.63, 3.8) is 0 Å². The molecule has 0 bridgehead atoms. The van der Waals surface area contributed by atoms with E-state index >= 15 is 0 Å². The molecule has 4 nitrogen and oxygen atoms in total. The molecule has 0 fully saturated rings. The first-order chi connectivity index (χ1) is 12.0. The Morgan fingerprint density at radius 3 is 2.96 bits per heavy atom. The number of thiophene rings is 1. The van der Waals surface area contributed by atoms with Gasteiger partial charge in [0.25, 0.3) is 5.91 Å². The third-order valence-corrected chi connectivity index (χ3v) is 5.74. The van der Waals surface area contributed by atoms with Gasteiger partial charge in [0.15, 0.2) is 6.61 Å². The Hall–Kier alpha value is -2.32. The number of hydrogen-bond donors (Lipinski definition) is 1. The monoisotopic (exact) mass is 354 g/mol. The molecule has 5 heteroatoms. The number of nitrogens with one attached hydrogen (secondary N) is 1. The SMILES string of the molecule is Cc1ccc(OCC(=O)Nc2sc3c(c2C#N)CCC(C)C3)c(C)c1. The minimum absolute atomic E-state index is 0.0618. The van der Waals surface area contributed by atoms with Crippen LogP contribution in [-0.2, 0) is 17.6 Å². The predicted octanol–water partition coefficient (Wildman–Crippen LogP) is 4.38. The molecule has 1 aliphatic carbocycles. The number of rotatable bonds is 4. The Morgan fingerprint density at radius 1 is 1.44 bits per heavy atom. The Morgan fingerprint density at radius 2 is 2.24 bits per heavy atom. The fourth-order valence-corrected chi connectivity index (χ4v) is 4.60. The van der Waals surface area contributed by atoms with Crippen molar-refractivity contribution in [1.82, 2.24) is 0 Å². The van der Waals surface area contributed by atoms with Crippen LogP contribution in [-0.4, -0.2) is 12.5 Å². The van der Waals surface area contributed by atoms with Crippen molar-refractivity contribution in [2.24, 2.45) is 5.92 Å². The number of amides is 1. The van der Waals surface area contributed by atoms with Crippen LogP contribution in [0.1, 0.15) is 40.5 Å². The summed E-state index contributed by atoms with van der Waals surface area (Å²) in [6.07, 6.45) is 3.01. The number of aryl methyl sites for hydroxylation is 2. The van der Waals surface area contributed by atoms with Gasteiger partial charge in [-0.3, -0.25) is 4.79 Å². The molecule has 1 amide bonds. The second-order valence-corrected chi connectivity index (χ2v) is 7.88. The lowest BCUT2D eigenvalue weighted by molar-refractivity contribution is -0.118. The standard InChI is InChI=1S/C20H22N2O2S/c1-12-5-7-17(14(3)8-12)24-11-19(23)22-20-16(10-21)15-6-4-13(2)9-18(15)25-20/h5,7-8,13H,4,6,9,11H2,1-3H3,(H,22,23). The lowest BCUT2D eigenvalue weighted by atomic mass is 9.89. The summed E-state index contributed by atoms with van der Waals surface area (Å²) in [5.74, 6) is 1.11. The highest BCUT2D eigenvalue weighted by Crippen LogP contribution is 2.39. The molecule has 1 atom stereocenters. The summed E-state index contributed by atoms with van der Waals surface area (Å²) in [4.78, 5) is 13.5. The molecule has 1 heterocycles. The summed E-state index contributed by atoms with van der Waals surface area (Å²) < 4.78 is 5.63. The van der Waals surface area contributed by atoms with Crippen molar-refractivity contribution in [2.75, 3.05) is 11.9 Å². The zero-order valence-electron chi connectivity index (χ0n) is 14.8. The van der Waals surface area contributed by atoms with Gasteiger partial charge in [-0.2, -0.15) is 5.26 Å². The molecule has 1 N–H and O–H groups in total. The van der Waals surface area contributed by atoms with Crippen molar-refractivity contribution >= 4 is 22.2 Å². The van der Waals surface area contributed by atoms with E-state index in [2.05, 4.69) is 18.3 Å². The highest BCUT2D eigenvalue weighted by atomic mass is 32.1. The van der Waals surface area contributed by atoms with Crippen LogP contribution in [0.2, 0.25) is 0 Å². The minimum Gasteiger partial charge on any atom is -0.483 e. The summed E-state index contributed by atoms with van der Waals surface area (Å²) in [7, 11) is 0. The molecule has 1 aromatic heterocycles. The molecule has 25 heavy (non-hydrogen) atoms. The van der Waals surface area contributed by atoms with E-state index in [1.54, 1.807) is 0 Å². The zero-order valence-corrected chi connectivity index (χ0v) is 15.6. The highest BCUT2D eigenvalue weighted by Gasteiger charge is 2.24. The van der Waals surface area contributed by atoms with Gasteiger partial charge in [-0.15, -0.1) is 11.3 Å². The molecule has 0 aliphatic heterocycles. The first kappa shape index (κ1) is 17.5. The molecule has 0 saturated heterocycles. The van der Waals surface area contributed by atoms with E-state index in [0.717, 1.165) is 36.0 Å². The van der Waals surface area contributed by atoms with Gasteiger partial charge in [0, 0.05) is 4.88 Å². The van der Waals surface area contributed by atoms with Crippen LogP contribution in [0.5, 0.6) is 5.75 Å². The maximum absolute atomic E-state index is 12.3. The third kappa shape index (κ3) is 3.85. The van der Waals surface area contributed by atoms with E-state index in [9.17, 15) is 10.1 Å². The normalized spacial score (nSPS) is 16.0. The van der Waals surface area contributed by atoms with Gasteiger partial charge < -0.3 is 10.1 Å². The Labute approximate surface area is 152 Å². The number of carbonyl (C=O) groups is 1. The van der Waals surface area contributed by atoms with Crippen LogP contribution in [0.15, 0.2) is 18.2 Å². The van der Waals surface area contributed by atoms with Crippen molar-refractivity contribution in [1.29, 1.82) is 5.26 Å². The van der Waals surface area contributed by atoms with E-state index in [-0.39, 0.29) is 12.5 Å². The Kier molecular flexibility index (Phi) is 5.10. The first-order valence-electron chi connectivity index (χ1n) is 8.52. The molecular weight excluding hydrogens is 332 g/mol. The summed E-state index contributed by atoms with van der Waals surface area (Å²) >= 11 is 1.54. The van der Waals surface area contributed by atoms with Gasteiger partial charge in [-0.1, -0.05) is 24.6 Å². The Balaban J connectivity index is 1.68. The van der Waals surface area contributed by atoms with Gasteiger partial charge in [0.1, 0.15) is 16.8 Å². The van der Waals surface area contributed by atoms with Crippen molar-refractivity contribution in [3.05, 3.63) is 45.3 Å². The summed E-state index contributed by atoms with van der Waals surface area (Å²) in [5.41, 5.74) is 3.92. The van der Waals surface area contributed by atoms with Gasteiger partial charge in [0.2, 0.25) is 0 Å². The van der Waals surface area contributed by atoms with E-state index in [1.807, 2.05) is 32.0 Å². The maximum Gasteiger partial charge on any atom is 0.262 e. The largest absolute Gasteiger partial charge is 0.483 e. The summed E-state index contributed by atoms with van der Waals surface area (Å²) in [6, 6.07) is 8.13. The number of hydrogen-bond acceptors (Lipinski definition) is 4. The molecule has 1 unspecified atom stereocenters. The number of fused-ring (bicyclic) bond motifs is 1. The predicted molar refractivity (Wildman–Crippen MR) is 100 cm³/mol. The average molecular weight is 354 g/mol. The number of carbonyl (C=O) groups excluding carboxylic acids is 1. The maximum atomic E-state index is 12.3. The molecule has 0 spiro atoms. The quantitative estimate of drug-likeness (QED) is 0.886. The summed E-state index contributed by atoms with van der Waals surface area (Å²) in [5, 5.41) is 13.0. The molecule has 130 valence electrons. The summed E-state index contributed by atoms with van der Waals surface area (Å²) in [6.45, 7) is 6.15.